The van der Waals surface area contributed by atoms with Crippen molar-refractivity contribution in [1.29, 1.82) is 0 Å². The zero-order valence-electron chi connectivity index (χ0n) is 11.4. The van der Waals surface area contributed by atoms with Crippen molar-refractivity contribution in [2.24, 2.45) is 0 Å². The third kappa shape index (κ3) is 4.35. The Kier molecular flexibility index (Phi) is 5.48. The van der Waals surface area contributed by atoms with Gasteiger partial charge in [0, 0.05) is 25.6 Å². The third-order valence-corrected chi connectivity index (χ3v) is 2.87. The van der Waals surface area contributed by atoms with Crippen molar-refractivity contribution in [3.63, 3.8) is 0 Å². The molecule has 1 amide bonds. The molecule has 0 unspecified atom stereocenters. The van der Waals surface area contributed by atoms with Gasteiger partial charge in [0.15, 0.2) is 0 Å². The Balaban J connectivity index is 2.59. The Hall–Kier alpha value is -1.91. The predicted molar refractivity (Wildman–Crippen MR) is 69.3 cm³/mol. The van der Waals surface area contributed by atoms with Crippen molar-refractivity contribution >= 4 is 11.9 Å². The SMILES string of the molecule is COC(=O)CCCN(C)C(=O)c1ccc(F)cc1C. The number of halogens is 1. The lowest BCUT2D eigenvalue weighted by molar-refractivity contribution is -0.140. The molecule has 0 bridgehead atoms. The van der Waals surface area contributed by atoms with Crippen LogP contribution in [0, 0.1) is 12.7 Å². The number of hydrogen-bond donors (Lipinski definition) is 0. The van der Waals surface area contributed by atoms with Gasteiger partial charge in [-0.1, -0.05) is 0 Å². The fourth-order valence-corrected chi connectivity index (χ4v) is 1.74. The molecule has 0 fully saturated rings. The molecule has 1 aromatic rings. The Morgan fingerprint density at radius 3 is 2.63 bits per heavy atom. The molecule has 1 rings (SSSR count). The summed E-state index contributed by atoms with van der Waals surface area (Å²) in [7, 11) is 2.99. The summed E-state index contributed by atoms with van der Waals surface area (Å²) in [5, 5.41) is 0. The van der Waals surface area contributed by atoms with Crippen LogP contribution in [-0.2, 0) is 9.53 Å². The zero-order valence-corrected chi connectivity index (χ0v) is 11.4. The van der Waals surface area contributed by atoms with E-state index in [1.165, 1.54) is 30.2 Å². The lowest BCUT2D eigenvalue weighted by Crippen LogP contribution is -2.28. The molecule has 0 saturated carbocycles. The number of hydrogen-bond acceptors (Lipinski definition) is 3. The van der Waals surface area contributed by atoms with Crippen LogP contribution in [0.4, 0.5) is 4.39 Å². The average molecular weight is 267 g/mol. The second-order valence-electron chi connectivity index (χ2n) is 4.37. The molecule has 1 aromatic carbocycles. The zero-order chi connectivity index (χ0) is 14.4. The van der Waals surface area contributed by atoms with Gasteiger partial charge in [0.05, 0.1) is 7.11 Å². The molecule has 0 heterocycles. The molecule has 19 heavy (non-hydrogen) atoms. The number of aryl methyl sites for hydroxylation is 1. The van der Waals surface area contributed by atoms with E-state index in [0.717, 1.165) is 0 Å². The van der Waals surface area contributed by atoms with E-state index in [2.05, 4.69) is 4.74 Å². The first-order valence-electron chi connectivity index (χ1n) is 6.04. The van der Waals surface area contributed by atoms with Gasteiger partial charge in [0.1, 0.15) is 5.82 Å². The van der Waals surface area contributed by atoms with E-state index in [1.807, 2.05) is 0 Å². The van der Waals surface area contributed by atoms with E-state index in [0.29, 0.717) is 24.1 Å². The summed E-state index contributed by atoms with van der Waals surface area (Å²) in [5.41, 5.74) is 1.08. The summed E-state index contributed by atoms with van der Waals surface area (Å²) in [6.07, 6.45) is 0.811. The lowest BCUT2D eigenvalue weighted by Gasteiger charge is -2.18. The number of benzene rings is 1. The summed E-state index contributed by atoms with van der Waals surface area (Å²) < 4.78 is 17.5. The molecule has 104 valence electrons. The minimum atomic E-state index is -0.359. The Morgan fingerprint density at radius 2 is 2.05 bits per heavy atom. The Morgan fingerprint density at radius 1 is 1.37 bits per heavy atom. The summed E-state index contributed by atoms with van der Waals surface area (Å²) in [6.45, 7) is 2.14. The number of nitrogens with zero attached hydrogens (tertiary/aromatic N) is 1. The number of carbonyl (C=O) groups excluding carboxylic acids is 2. The smallest absolute Gasteiger partial charge is 0.305 e. The number of amides is 1. The highest BCUT2D eigenvalue weighted by Gasteiger charge is 2.14. The Bertz CT molecular complexity index is 474. The molecule has 0 aromatic heterocycles. The fraction of sp³-hybridized carbons (Fsp3) is 0.429. The van der Waals surface area contributed by atoms with Gasteiger partial charge >= 0.3 is 5.97 Å². The molecule has 0 N–H and O–H groups in total. The average Bonchev–Trinajstić information content (AvgIpc) is 2.37. The van der Waals surface area contributed by atoms with Crippen molar-refractivity contribution in [2.45, 2.75) is 19.8 Å². The summed E-state index contributed by atoms with van der Waals surface area (Å²) in [6, 6.07) is 4.07. The summed E-state index contributed by atoms with van der Waals surface area (Å²) in [5.74, 6) is -0.830. The molecule has 0 aliphatic rings. The topological polar surface area (TPSA) is 46.6 Å². The van der Waals surface area contributed by atoms with Crippen LogP contribution in [0.2, 0.25) is 0 Å². The van der Waals surface area contributed by atoms with Gasteiger partial charge in [-0.15, -0.1) is 0 Å². The van der Waals surface area contributed by atoms with Gasteiger partial charge in [-0.05, 0) is 37.1 Å². The van der Waals surface area contributed by atoms with E-state index in [1.54, 1.807) is 14.0 Å². The second-order valence-corrected chi connectivity index (χ2v) is 4.37. The van der Waals surface area contributed by atoms with Crippen LogP contribution in [0.5, 0.6) is 0 Å². The quantitative estimate of drug-likeness (QED) is 0.768. The van der Waals surface area contributed by atoms with Crippen LogP contribution < -0.4 is 0 Å². The van der Waals surface area contributed by atoms with Gasteiger partial charge < -0.3 is 9.64 Å². The highest BCUT2D eigenvalue weighted by molar-refractivity contribution is 5.95. The molecular weight excluding hydrogens is 249 g/mol. The summed E-state index contributed by atoms with van der Waals surface area (Å²) in [4.78, 5) is 24.6. The fourth-order valence-electron chi connectivity index (χ4n) is 1.74. The normalized spacial score (nSPS) is 10.1. The number of ether oxygens (including phenoxy) is 1. The molecule has 4 nitrogen and oxygen atoms in total. The summed E-state index contributed by atoms with van der Waals surface area (Å²) >= 11 is 0. The number of carbonyl (C=O) groups is 2. The van der Waals surface area contributed by atoms with Gasteiger partial charge in [-0.25, -0.2) is 4.39 Å². The standard InChI is InChI=1S/C14H18FNO3/c1-10-9-11(15)6-7-12(10)14(18)16(2)8-4-5-13(17)19-3/h6-7,9H,4-5,8H2,1-3H3. The highest BCUT2D eigenvalue weighted by atomic mass is 19.1. The van der Waals surface area contributed by atoms with E-state index in [-0.39, 0.29) is 24.1 Å². The van der Waals surface area contributed by atoms with Crippen molar-refractivity contribution < 1.29 is 18.7 Å². The van der Waals surface area contributed by atoms with Crippen LogP contribution in [0.25, 0.3) is 0 Å². The second kappa shape index (κ2) is 6.87. The van der Waals surface area contributed by atoms with Crippen LogP contribution in [0.1, 0.15) is 28.8 Å². The first-order valence-corrected chi connectivity index (χ1v) is 6.04. The maximum absolute atomic E-state index is 13.0. The van der Waals surface area contributed by atoms with Crippen LogP contribution in [0.15, 0.2) is 18.2 Å². The molecule has 0 saturated heterocycles. The molecular formula is C14H18FNO3. The highest BCUT2D eigenvalue weighted by Crippen LogP contribution is 2.12. The van der Waals surface area contributed by atoms with Gasteiger partial charge in [0.2, 0.25) is 0 Å². The monoisotopic (exact) mass is 267 g/mol. The van der Waals surface area contributed by atoms with E-state index >= 15 is 0 Å². The van der Waals surface area contributed by atoms with Crippen LogP contribution in [0.3, 0.4) is 0 Å². The number of methoxy groups -OCH3 is 1. The third-order valence-electron chi connectivity index (χ3n) is 2.87. The molecule has 0 atom stereocenters. The van der Waals surface area contributed by atoms with E-state index < -0.39 is 0 Å². The van der Waals surface area contributed by atoms with Crippen molar-refractivity contribution in [3.8, 4) is 0 Å². The van der Waals surface area contributed by atoms with E-state index in [4.69, 9.17) is 0 Å². The van der Waals surface area contributed by atoms with Crippen molar-refractivity contribution in [2.75, 3.05) is 20.7 Å². The van der Waals surface area contributed by atoms with Crippen molar-refractivity contribution in [1.82, 2.24) is 4.90 Å². The lowest BCUT2D eigenvalue weighted by atomic mass is 10.1. The molecule has 0 spiro atoms. The number of rotatable bonds is 5. The molecule has 0 radical (unpaired) electrons. The van der Waals surface area contributed by atoms with Crippen LogP contribution >= 0.6 is 0 Å². The maximum Gasteiger partial charge on any atom is 0.305 e. The van der Waals surface area contributed by atoms with Gasteiger partial charge in [0.25, 0.3) is 5.91 Å². The largest absolute Gasteiger partial charge is 0.469 e. The number of esters is 1. The molecule has 0 aliphatic carbocycles. The maximum atomic E-state index is 13.0. The first kappa shape index (κ1) is 15.1. The van der Waals surface area contributed by atoms with Crippen LogP contribution in [-0.4, -0.2) is 37.5 Å². The van der Waals surface area contributed by atoms with E-state index in [9.17, 15) is 14.0 Å². The predicted octanol–water partition coefficient (Wildman–Crippen LogP) is 2.16. The first-order chi connectivity index (χ1) is 8.95. The Labute approximate surface area is 112 Å². The molecule has 0 aliphatic heterocycles. The van der Waals surface area contributed by atoms with Gasteiger partial charge in [-0.3, -0.25) is 9.59 Å². The van der Waals surface area contributed by atoms with Crippen molar-refractivity contribution in [3.05, 3.63) is 35.1 Å². The minimum absolute atomic E-state index is 0.178. The van der Waals surface area contributed by atoms with Gasteiger partial charge in [-0.2, -0.15) is 0 Å². The molecule has 5 heteroatoms. The minimum Gasteiger partial charge on any atom is -0.469 e.